The minimum absolute atomic E-state index is 0.0350. The number of ether oxygens (including phenoxy) is 8. The molecular formula is C100H166O12. The standard InChI is InChI=1S/C100H166O12/c1-7-13-19-25-31-37-43-49-55-61-71-105-93-77-85(78-94(106-72-62-56-50-44-38-32-26-20-14-8-2)97(93)109-75-65-59-53-47-41-35-29-23-17-11-5)83-111-99(103)91-81-87(101)67-69-89(91)90-70-68-88(102)82-92(90)100(104)112-84-86-79-95(107-73-63-57-51-45-39-33-27-21-15-9-3)98(110-76-66-60-54-48-42-36-30-24-18-12-6)96(80-86)108-74-64-58-52-46-40-34-28-22-16-10-4/h67-70,77-82,101-102H,7-66,71-76,83-84H2,1-6H3. The van der Waals surface area contributed by atoms with Gasteiger partial charge in [-0.05, 0) is 121 Å². The van der Waals surface area contributed by atoms with Gasteiger partial charge in [0.25, 0.3) is 0 Å². The number of unbranched alkanes of at least 4 members (excludes halogenated alkanes) is 54. The van der Waals surface area contributed by atoms with Gasteiger partial charge in [0.1, 0.15) is 24.7 Å². The topological polar surface area (TPSA) is 148 Å². The van der Waals surface area contributed by atoms with Crippen LogP contribution in [-0.4, -0.2) is 61.8 Å². The number of hydrogen-bond donors (Lipinski definition) is 2. The number of phenolic OH excluding ortho intramolecular Hbond substituents is 2. The van der Waals surface area contributed by atoms with Crippen molar-refractivity contribution in [1.82, 2.24) is 0 Å². The molecule has 0 aromatic heterocycles. The van der Waals surface area contributed by atoms with Crippen LogP contribution in [0.4, 0.5) is 0 Å². The Labute approximate surface area is 685 Å². The molecule has 0 amide bonds. The number of rotatable bonds is 79. The molecule has 12 heteroatoms. The number of carbonyl (C=O) groups excluding carboxylic acids is 2. The van der Waals surface area contributed by atoms with Gasteiger partial charge in [0.15, 0.2) is 23.0 Å². The van der Waals surface area contributed by atoms with Crippen molar-refractivity contribution in [2.24, 2.45) is 0 Å². The molecule has 0 atom stereocenters. The molecular weight excluding hydrogens is 1390 g/mol. The third kappa shape index (κ3) is 47.9. The molecule has 0 saturated heterocycles. The summed E-state index contributed by atoms with van der Waals surface area (Å²) in [5, 5.41) is 22.2. The first-order valence-corrected chi connectivity index (χ1v) is 47.3. The molecule has 0 aliphatic rings. The van der Waals surface area contributed by atoms with Gasteiger partial charge in [-0.15, -0.1) is 0 Å². The third-order valence-corrected chi connectivity index (χ3v) is 22.1. The first kappa shape index (κ1) is 98.6. The predicted octanol–water partition coefficient (Wildman–Crippen LogP) is 31.3. The van der Waals surface area contributed by atoms with Crippen LogP contribution in [-0.2, 0) is 22.7 Å². The van der Waals surface area contributed by atoms with Crippen LogP contribution in [0.15, 0.2) is 60.7 Å². The Morgan fingerprint density at radius 3 is 0.607 bits per heavy atom. The van der Waals surface area contributed by atoms with Crippen molar-refractivity contribution in [2.75, 3.05) is 39.6 Å². The molecule has 0 fully saturated rings. The van der Waals surface area contributed by atoms with Gasteiger partial charge in [-0.1, -0.05) is 388 Å². The molecule has 112 heavy (non-hydrogen) atoms. The van der Waals surface area contributed by atoms with Gasteiger partial charge in [-0.3, -0.25) is 0 Å². The molecule has 0 unspecified atom stereocenters. The summed E-state index contributed by atoms with van der Waals surface area (Å²) in [5.41, 5.74) is 2.04. The SMILES string of the molecule is CCCCCCCCCCCCOc1cc(COC(=O)c2cc(O)ccc2-c2ccc(O)cc2C(=O)OCc2cc(OCCCCCCCCCCCC)c(OCCCCCCCCCCCC)c(OCCCCCCCCCCCC)c2)cc(OCCCCCCCCCCCC)c1OCCCCCCCCCCCC. The van der Waals surface area contributed by atoms with Crippen LogP contribution < -0.4 is 28.4 Å². The van der Waals surface area contributed by atoms with Crippen LogP contribution in [0.25, 0.3) is 11.1 Å². The first-order valence-electron chi connectivity index (χ1n) is 47.3. The minimum atomic E-state index is -0.716. The van der Waals surface area contributed by atoms with Crippen molar-refractivity contribution < 1.29 is 57.7 Å². The summed E-state index contributed by atoms with van der Waals surface area (Å²) in [6.07, 6.45) is 73.3. The summed E-state index contributed by atoms with van der Waals surface area (Å²) in [6, 6.07) is 16.6. The molecule has 0 radical (unpaired) electrons. The van der Waals surface area contributed by atoms with Crippen molar-refractivity contribution in [2.45, 2.75) is 440 Å². The second-order valence-electron chi connectivity index (χ2n) is 32.6. The van der Waals surface area contributed by atoms with Gasteiger partial charge in [-0.25, -0.2) is 9.59 Å². The highest BCUT2D eigenvalue weighted by Crippen LogP contribution is 2.43. The molecule has 0 aliphatic heterocycles. The smallest absolute Gasteiger partial charge is 0.339 e. The summed E-state index contributed by atoms with van der Waals surface area (Å²) >= 11 is 0. The summed E-state index contributed by atoms with van der Waals surface area (Å²) in [7, 11) is 0. The van der Waals surface area contributed by atoms with Crippen LogP contribution in [0.1, 0.15) is 459 Å². The Bertz CT molecular complexity index is 2620. The number of benzene rings is 4. The minimum Gasteiger partial charge on any atom is -0.508 e. The molecule has 0 bridgehead atoms. The quantitative estimate of drug-likeness (QED) is 0.0320. The van der Waals surface area contributed by atoms with Crippen LogP contribution in [0.2, 0.25) is 0 Å². The lowest BCUT2D eigenvalue weighted by Gasteiger charge is -2.19. The fourth-order valence-electron chi connectivity index (χ4n) is 15.1. The Balaban J connectivity index is 1.62. The second-order valence-corrected chi connectivity index (χ2v) is 32.6. The summed E-state index contributed by atoms with van der Waals surface area (Å²) in [4.78, 5) is 29.6. The predicted molar refractivity (Wildman–Crippen MR) is 470 cm³/mol. The van der Waals surface area contributed by atoms with E-state index in [4.69, 9.17) is 37.9 Å². The molecule has 4 rings (SSSR count). The summed E-state index contributed by atoms with van der Waals surface area (Å²) in [5.74, 6) is 1.74. The lowest BCUT2D eigenvalue weighted by atomic mass is 9.94. The molecule has 12 nitrogen and oxygen atoms in total. The monoisotopic (exact) mass is 1560 g/mol. The second kappa shape index (κ2) is 69.5. The Morgan fingerprint density at radius 2 is 0.411 bits per heavy atom. The summed E-state index contributed by atoms with van der Waals surface area (Å²) < 4.78 is 52.8. The highest BCUT2D eigenvalue weighted by atomic mass is 16.6. The zero-order valence-electron chi connectivity index (χ0n) is 72.8. The van der Waals surface area contributed by atoms with Gasteiger partial charge in [0.2, 0.25) is 11.5 Å². The van der Waals surface area contributed by atoms with E-state index in [0.29, 0.717) is 96.4 Å². The molecule has 0 aliphatic carbocycles. The zero-order chi connectivity index (χ0) is 80.0. The fourth-order valence-corrected chi connectivity index (χ4v) is 15.1. The molecule has 638 valence electrons. The molecule has 0 saturated carbocycles. The molecule has 0 heterocycles. The lowest BCUT2D eigenvalue weighted by molar-refractivity contribution is 0.0461. The normalized spacial score (nSPS) is 11.4. The molecule has 4 aromatic carbocycles. The van der Waals surface area contributed by atoms with Crippen molar-refractivity contribution in [3.63, 3.8) is 0 Å². The molecule has 0 spiro atoms. The van der Waals surface area contributed by atoms with Crippen molar-refractivity contribution in [3.8, 4) is 57.1 Å². The maximum atomic E-state index is 14.8. The van der Waals surface area contributed by atoms with E-state index in [2.05, 4.69) is 41.5 Å². The van der Waals surface area contributed by atoms with E-state index in [1.807, 2.05) is 24.3 Å². The number of esters is 2. The first-order chi connectivity index (χ1) is 55.2. The van der Waals surface area contributed by atoms with E-state index in [0.717, 1.165) is 77.0 Å². The van der Waals surface area contributed by atoms with Gasteiger partial charge >= 0.3 is 11.9 Å². The van der Waals surface area contributed by atoms with Gasteiger partial charge in [-0.2, -0.15) is 0 Å². The zero-order valence-corrected chi connectivity index (χ0v) is 72.8. The van der Waals surface area contributed by atoms with Crippen LogP contribution in [0, 0.1) is 0 Å². The van der Waals surface area contributed by atoms with Crippen LogP contribution in [0.5, 0.6) is 46.0 Å². The van der Waals surface area contributed by atoms with Crippen LogP contribution >= 0.6 is 0 Å². The highest BCUT2D eigenvalue weighted by Gasteiger charge is 2.25. The molecule has 2 N–H and O–H groups in total. The van der Waals surface area contributed by atoms with Gasteiger partial charge in [0.05, 0.1) is 50.8 Å². The number of carbonyl (C=O) groups is 2. The highest BCUT2D eigenvalue weighted by molar-refractivity contribution is 6.03. The Morgan fingerprint density at radius 1 is 0.232 bits per heavy atom. The summed E-state index contributed by atoms with van der Waals surface area (Å²) in [6.45, 7) is 16.5. The van der Waals surface area contributed by atoms with Gasteiger partial charge < -0.3 is 48.1 Å². The van der Waals surface area contributed by atoms with E-state index in [1.54, 1.807) is 12.1 Å². The van der Waals surface area contributed by atoms with E-state index >= 15 is 0 Å². The van der Waals surface area contributed by atoms with Gasteiger partial charge in [0, 0.05) is 0 Å². The fraction of sp³-hybridized carbons (Fsp3) is 0.740. The van der Waals surface area contributed by atoms with Crippen LogP contribution in [0.3, 0.4) is 0 Å². The Kier molecular flexibility index (Phi) is 61.2. The largest absolute Gasteiger partial charge is 0.508 e. The average Bonchev–Trinajstić information content (AvgIpc) is 0.794. The third-order valence-electron chi connectivity index (χ3n) is 22.1. The van der Waals surface area contributed by atoms with Crippen molar-refractivity contribution in [1.29, 1.82) is 0 Å². The maximum Gasteiger partial charge on any atom is 0.339 e. The van der Waals surface area contributed by atoms with E-state index < -0.39 is 11.9 Å². The lowest BCUT2D eigenvalue weighted by Crippen LogP contribution is -2.11. The number of aromatic hydroxyl groups is 2. The number of hydrogen-bond acceptors (Lipinski definition) is 12. The number of phenols is 2. The van der Waals surface area contributed by atoms with Crippen molar-refractivity contribution in [3.05, 3.63) is 82.9 Å². The van der Waals surface area contributed by atoms with E-state index in [-0.39, 0.29) is 35.8 Å². The maximum absolute atomic E-state index is 14.8. The molecule has 4 aromatic rings. The van der Waals surface area contributed by atoms with E-state index in [1.165, 1.54) is 332 Å². The average molecular weight is 1560 g/mol. The Hall–Kier alpha value is -5.78. The van der Waals surface area contributed by atoms with E-state index in [9.17, 15) is 19.8 Å². The van der Waals surface area contributed by atoms with Crippen molar-refractivity contribution >= 4 is 11.9 Å².